The second-order valence-electron chi connectivity index (χ2n) is 7.79. The Morgan fingerprint density at radius 1 is 1.00 bits per heavy atom. The van der Waals surface area contributed by atoms with Gasteiger partial charge in [0.05, 0.1) is 15.9 Å². The van der Waals surface area contributed by atoms with Crippen LogP contribution >= 0.6 is 15.9 Å². The molecule has 35 heavy (non-hydrogen) atoms. The summed E-state index contributed by atoms with van der Waals surface area (Å²) in [7, 11) is 0. The number of benzene rings is 2. The Labute approximate surface area is 206 Å². The molecule has 4 N–H and O–H groups in total. The zero-order valence-corrected chi connectivity index (χ0v) is 20.1. The molecule has 8 nitrogen and oxygen atoms in total. The Bertz CT molecular complexity index is 1620. The lowest BCUT2D eigenvalue weighted by atomic mass is 10.0. The fraction of sp³-hybridized carbons (Fsp3) is 0.0833. The van der Waals surface area contributed by atoms with Gasteiger partial charge in [0.1, 0.15) is 23.2 Å². The average Bonchev–Trinajstić information content (AvgIpc) is 3.12. The molecule has 176 valence electrons. The van der Waals surface area contributed by atoms with E-state index < -0.39 is 11.6 Å². The molecule has 0 aliphatic rings. The van der Waals surface area contributed by atoms with E-state index in [9.17, 15) is 4.39 Å². The number of aryl methyl sites for hydroxylation is 1. The van der Waals surface area contributed by atoms with E-state index in [2.05, 4.69) is 35.9 Å². The van der Waals surface area contributed by atoms with Crippen molar-refractivity contribution in [2.75, 3.05) is 11.5 Å². The molecule has 0 saturated carbocycles. The van der Waals surface area contributed by atoms with Gasteiger partial charge in [-0.2, -0.15) is 0 Å². The van der Waals surface area contributed by atoms with Gasteiger partial charge in [0.2, 0.25) is 0 Å². The van der Waals surface area contributed by atoms with Crippen LogP contribution in [0.25, 0.3) is 28.0 Å². The fourth-order valence-corrected chi connectivity index (χ4v) is 4.52. The predicted octanol–water partition coefficient (Wildman–Crippen LogP) is 5.49. The minimum atomic E-state index is -0.660. The van der Waals surface area contributed by atoms with Gasteiger partial charge in [0.15, 0.2) is 17.4 Å². The highest BCUT2D eigenvalue weighted by Gasteiger charge is 2.25. The Hall–Kier alpha value is -4.12. The van der Waals surface area contributed by atoms with Crippen molar-refractivity contribution in [3.05, 3.63) is 76.3 Å². The Morgan fingerprint density at radius 3 is 2.54 bits per heavy atom. The van der Waals surface area contributed by atoms with Gasteiger partial charge in [-0.15, -0.1) is 0 Å². The second kappa shape index (κ2) is 8.58. The monoisotopic (exact) mass is 537 g/mol. The summed E-state index contributed by atoms with van der Waals surface area (Å²) in [6.45, 7) is 3.39. The lowest BCUT2D eigenvalue weighted by molar-refractivity contribution is 0.410. The number of anilines is 2. The first-order valence-electron chi connectivity index (χ1n) is 10.4. The van der Waals surface area contributed by atoms with Crippen LogP contribution in [0, 0.1) is 25.5 Å². The Kier molecular flexibility index (Phi) is 5.56. The number of fused-ring (bicyclic) bond motifs is 1. The number of nitrogen functional groups attached to an aromatic ring is 2. The maximum absolute atomic E-state index is 15.2. The lowest BCUT2D eigenvalue weighted by Gasteiger charge is -2.16. The summed E-state index contributed by atoms with van der Waals surface area (Å²) in [4.78, 5) is 16.6. The van der Waals surface area contributed by atoms with Crippen molar-refractivity contribution < 1.29 is 13.5 Å². The van der Waals surface area contributed by atoms with Crippen molar-refractivity contribution >= 4 is 38.5 Å². The number of ether oxygens (including phenoxy) is 1. The molecular weight excluding hydrogens is 520 g/mol. The first kappa shape index (κ1) is 22.7. The molecule has 2 aromatic carbocycles. The first-order chi connectivity index (χ1) is 16.8. The van der Waals surface area contributed by atoms with Gasteiger partial charge in [-0.1, -0.05) is 6.07 Å². The molecule has 0 radical (unpaired) electrons. The molecule has 0 fully saturated rings. The number of rotatable bonds is 4. The third-order valence-electron chi connectivity index (χ3n) is 5.53. The minimum Gasteiger partial charge on any atom is -0.421 e. The van der Waals surface area contributed by atoms with Crippen LogP contribution in [-0.4, -0.2) is 24.5 Å². The van der Waals surface area contributed by atoms with Gasteiger partial charge in [0, 0.05) is 29.2 Å². The van der Waals surface area contributed by atoms with E-state index >= 15 is 4.39 Å². The standard InChI is InChI=1S/C24H18BrF2N7O/c1-11-7-8-30-24(33-11)35-17-6-3-13(9-15(17)26)34-21(14-4-5-16(28)19(27)12(14)2)18(25)20-22(34)23(29)32-10-31-20/h3-10H,28H2,1-2H3,(H2,29,31,32). The molecule has 0 unspecified atom stereocenters. The number of nitrogens with zero attached hydrogens (tertiary/aromatic N) is 5. The largest absolute Gasteiger partial charge is 0.421 e. The second-order valence-corrected chi connectivity index (χ2v) is 8.59. The topological polar surface area (TPSA) is 118 Å². The molecule has 3 aromatic heterocycles. The maximum Gasteiger partial charge on any atom is 0.322 e. The molecule has 0 bridgehead atoms. The van der Waals surface area contributed by atoms with Gasteiger partial charge in [-0.3, -0.25) is 0 Å². The van der Waals surface area contributed by atoms with Gasteiger partial charge in [-0.05, 0) is 59.6 Å². The van der Waals surface area contributed by atoms with Crippen LogP contribution in [-0.2, 0) is 0 Å². The zero-order chi connectivity index (χ0) is 24.9. The molecule has 5 rings (SSSR count). The first-order valence-corrected chi connectivity index (χ1v) is 11.2. The van der Waals surface area contributed by atoms with Crippen LogP contribution in [0.15, 0.2) is 53.4 Å². The normalized spacial score (nSPS) is 11.2. The third kappa shape index (κ3) is 3.83. The van der Waals surface area contributed by atoms with Crippen LogP contribution in [0.5, 0.6) is 11.8 Å². The fourth-order valence-electron chi connectivity index (χ4n) is 3.84. The van der Waals surface area contributed by atoms with E-state index in [-0.39, 0.29) is 23.3 Å². The van der Waals surface area contributed by atoms with Crippen molar-refractivity contribution in [1.29, 1.82) is 0 Å². The molecule has 0 amide bonds. The number of hydrogen-bond acceptors (Lipinski definition) is 7. The molecule has 0 spiro atoms. The van der Waals surface area contributed by atoms with Gasteiger partial charge in [0.25, 0.3) is 0 Å². The molecule has 11 heteroatoms. The van der Waals surface area contributed by atoms with Crippen LogP contribution < -0.4 is 16.2 Å². The van der Waals surface area contributed by atoms with Crippen LogP contribution in [0.1, 0.15) is 11.3 Å². The summed E-state index contributed by atoms with van der Waals surface area (Å²) in [5, 5.41) is 0. The predicted molar refractivity (Wildman–Crippen MR) is 132 cm³/mol. The van der Waals surface area contributed by atoms with E-state index in [1.807, 2.05) is 0 Å². The summed E-state index contributed by atoms with van der Waals surface area (Å²) in [6, 6.07) is 9.26. The summed E-state index contributed by atoms with van der Waals surface area (Å²) < 4.78 is 37.7. The van der Waals surface area contributed by atoms with Crippen molar-refractivity contribution in [1.82, 2.24) is 24.5 Å². The average molecular weight is 538 g/mol. The van der Waals surface area contributed by atoms with E-state index in [1.165, 1.54) is 30.7 Å². The molecule has 5 aromatic rings. The minimum absolute atomic E-state index is 0.0234. The van der Waals surface area contributed by atoms with Crippen LogP contribution in [0.2, 0.25) is 0 Å². The Balaban J connectivity index is 1.73. The Morgan fingerprint density at radius 2 is 1.80 bits per heavy atom. The number of halogens is 3. The molecule has 0 atom stereocenters. The zero-order valence-electron chi connectivity index (χ0n) is 18.6. The van der Waals surface area contributed by atoms with Gasteiger partial charge in [-0.25, -0.2) is 28.7 Å². The molecule has 0 aliphatic carbocycles. The summed E-state index contributed by atoms with van der Waals surface area (Å²) in [5.41, 5.74) is 15.3. The smallest absolute Gasteiger partial charge is 0.322 e. The molecule has 3 heterocycles. The summed E-state index contributed by atoms with van der Waals surface area (Å²) in [6.07, 6.45) is 2.85. The van der Waals surface area contributed by atoms with Crippen LogP contribution in [0.4, 0.5) is 20.3 Å². The van der Waals surface area contributed by atoms with Crippen LogP contribution in [0.3, 0.4) is 0 Å². The van der Waals surface area contributed by atoms with E-state index in [0.29, 0.717) is 43.7 Å². The quantitative estimate of drug-likeness (QED) is 0.291. The highest BCUT2D eigenvalue weighted by Crippen LogP contribution is 2.43. The maximum atomic E-state index is 15.2. The number of nitrogens with two attached hydrogens (primary N) is 2. The van der Waals surface area contributed by atoms with E-state index in [4.69, 9.17) is 16.2 Å². The SMILES string of the molecule is Cc1ccnc(Oc2ccc(-n3c(-c4ccc(N)c(F)c4C)c(Br)c4ncnc(N)c43)cc2F)n1. The van der Waals surface area contributed by atoms with Gasteiger partial charge < -0.3 is 20.8 Å². The highest BCUT2D eigenvalue weighted by molar-refractivity contribution is 9.10. The number of aromatic nitrogens is 5. The lowest BCUT2D eigenvalue weighted by Crippen LogP contribution is -2.04. The van der Waals surface area contributed by atoms with Crippen molar-refractivity contribution in [3.63, 3.8) is 0 Å². The summed E-state index contributed by atoms with van der Waals surface area (Å²) >= 11 is 3.58. The molecular formula is C24H18BrF2N7O. The third-order valence-corrected chi connectivity index (χ3v) is 6.28. The molecule has 0 saturated heterocycles. The van der Waals surface area contributed by atoms with Crippen molar-refractivity contribution in [3.8, 4) is 28.7 Å². The molecule has 0 aliphatic heterocycles. The summed E-state index contributed by atoms with van der Waals surface area (Å²) in [5.74, 6) is -1.09. The number of hydrogen-bond donors (Lipinski definition) is 2. The van der Waals surface area contributed by atoms with Crippen molar-refractivity contribution in [2.24, 2.45) is 0 Å². The van der Waals surface area contributed by atoms with Crippen molar-refractivity contribution in [2.45, 2.75) is 13.8 Å². The van der Waals surface area contributed by atoms with E-state index in [0.717, 1.165) is 0 Å². The highest BCUT2D eigenvalue weighted by atomic mass is 79.9. The van der Waals surface area contributed by atoms with Gasteiger partial charge >= 0.3 is 6.01 Å². The van der Waals surface area contributed by atoms with E-state index in [1.54, 1.807) is 36.6 Å².